The van der Waals surface area contributed by atoms with Crippen LogP contribution in [0.2, 0.25) is 0 Å². The lowest BCUT2D eigenvalue weighted by molar-refractivity contribution is -0.168. The summed E-state index contributed by atoms with van der Waals surface area (Å²) in [5.41, 5.74) is 3.09. The highest BCUT2D eigenvalue weighted by molar-refractivity contribution is 8.01. The van der Waals surface area contributed by atoms with Crippen LogP contribution in [-0.2, 0) is 22.6 Å². The minimum atomic E-state index is -1.60. The third-order valence-corrected chi connectivity index (χ3v) is 9.72. The number of thioether (sulfide) groups is 1. The molecule has 11 heteroatoms. The molecule has 6 rings (SSSR count). The standard InChI is InChI=1S/C31H31N5O5S/c1-18-20(12-8-14-25(18)37)28(39)32-23(15-19-9-4-3-5-10-19)26(38)29(40)35-17-42-31(2)27(35)30(41)36(31)16-24-21-11-6-7-13-22(21)33-34-24/h3-14,23,26-27,37-38H,15-17H2,1-2H3,(H,32,39)(H,33,34)/t23-,26-,27+,31?/m0/s1. The Morgan fingerprint density at radius 2 is 1.86 bits per heavy atom. The number of aliphatic hydroxyl groups is 1. The summed E-state index contributed by atoms with van der Waals surface area (Å²) in [4.78, 5) is 43.0. The molecule has 0 bridgehead atoms. The van der Waals surface area contributed by atoms with Gasteiger partial charge in [-0.05, 0) is 44.0 Å². The first-order valence-corrected chi connectivity index (χ1v) is 14.7. The van der Waals surface area contributed by atoms with E-state index in [0.717, 1.165) is 22.2 Å². The number of likely N-dealkylation sites (tertiary alicyclic amines) is 1. The van der Waals surface area contributed by atoms with E-state index in [1.807, 2.05) is 61.5 Å². The van der Waals surface area contributed by atoms with E-state index in [1.54, 1.807) is 24.0 Å². The fourth-order valence-corrected chi connectivity index (χ4v) is 7.19. The first-order chi connectivity index (χ1) is 20.2. The molecule has 0 spiro atoms. The molecule has 3 heterocycles. The highest BCUT2D eigenvalue weighted by Gasteiger charge is 2.65. The molecule has 216 valence electrons. The quantitative estimate of drug-likeness (QED) is 0.233. The fraction of sp³-hybridized carbons (Fsp3) is 0.290. The highest BCUT2D eigenvalue weighted by atomic mass is 32.2. The molecule has 4 aromatic rings. The van der Waals surface area contributed by atoms with Gasteiger partial charge in [-0.25, -0.2) is 0 Å². The molecule has 4 atom stereocenters. The van der Waals surface area contributed by atoms with Gasteiger partial charge < -0.3 is 25.3 Å². The van der Waals surface area contributed by atoms with E-state index in [4.69, 9.17) is 0 Å². The molecule has 2 saturated heterocycles. The Morgan fingerprint density at radius 3 is 2.64 bits per heavy atom. The number of aromatic hydroxyl groups is 1. The number of benzene rings is 3. The number of aromatic nitrogens is 2. The number of hydrogen-bond acceptors (Lipinski definition) is 7. The summed E-state index contributed by atoms with van der Waals surface area (Å²) >= 11 is 1.47. The molecular weight excluding hydrogens is 554 g/mol. The molecule has 0 radical (unpaired) electrons. The number of phenols is 1. The zero-order valence-corrected chi connectivity index (χ0v) is 24.0. The van der Waals surface area contributed by atoms with E-state index < -0.39 is 34.9 Å². The number of aliphatic hydroxyl groups excluding tert-OH is 1. The van der Waals surface area contributed by atoms with Crippen molar-refractivity contribution in [2.45, 2.75) is 49.9 Å². The third-order valence-electron chi connectivity index (χ3n) is 8.29. The maximum Gasteiger partial charge on any atom is 0.255 e. The average molecular weight is 586 g/mol. The number of carbonyl (C=O) groups is 3. The predicted molar refractivity (Wildman–Crippen MR) is 158 cm³/mol. The maximum atomic E-state index is 13.8. The lowest BCUT2D eigenvalue weighted by atomic mass is 9.92. The van der Waals surface area contributed by atoms with E-state index in [9.17, 15) is 24.6 Å². The van der Waals surface area contributed by atoms with Crippen LogP contribution < -0.4 is 5.32 Å². The molecule has 2 aliphatic rings. The molecule has 42 heavy (non-hydrogen) atoms. The van der Waals surface area contributed by atoms with Crippen LogP contribution in [0, 0.1) is 6.92 Å². The summed E-state index contributed by atoms with van der Waals surface area (Å²) in [6.45, 7) is 3.87. The lowest BCUT2D eigenvalue weighted by Crippen LogP contribution is -2.73. The number of rotatable bonds is 8. The molecule has 10 nitrogen and oxygen atoms in total. The third kappa shape index (κ3) is 4.68. The molecule has 3 amide bonds. The SMILES string of the molecule is Cc1c(O)cccc1C(=O)N[C@@H](Cc1ccccc1)[C@H](O)C(=O)N1CSC2(C)[C@H]1C(=O)N2Cc1[nH]nc2ccccc12. The van der Waals surface area contributed by atoms with Crippen molar-refractivity contribution >= 4 is 40.4 Å². The minimum absolute atomic E-state index is 0.0246. The maximum absolute atomic E-state index is 13.8. The molecule has 2 fully saturated rings. The largest absolute Gasteiger partial charge is 0.508 e. The fourth-order valence-electron chi connectivity index (χ4n) is 5.82. The van der Waals surface area contributed by atoms with E-state index in [1.165, 1.54) is 22.7 Å². The van der Waals surface area contributed by atoms with Crippen LogP contribution in [0.3, 0.4) is 0 Å². The van der Waals surface area contributed by atoms with Crippen molar-refractivity contribution < 1.29 is 24.6 Å². The Balaban J connectivity index is 1.21. The van der Waals surface area contributed by atoms with Crippen molar-refractivity contribution in [3.8, 4) is 5.75 Å². The summed E-state index contributed by atoms with van der Waals surface area (Å²) in [5, 5.41) is 32.6. The summed E-state index contributed by atoms with van der Waals surface area (Å²) in [7, 11) is 0. The van der Waals surface area contributed by atoms with Crippen molar-refractivity contribution in [2.75, 3.05) is 5.88 Å². The zero-order valence-electron chi connectivity index (χ0n) is 23.2. The molecule has 1 unspecified atom stereocenters. The molecule has 0 saturated carbocycles. The Morgan fingerprint density at radius 1 is 1.12 bits per heavy atom. The van der Waals surface area contributed by atoms with Crippen LogP contribution in [-0.4, -0.2) is 76.9 Å². The lowest BCUT2D eigenvalue weighted by Gasteiger charge is -2.52. The van der Waals surface area contributed by atoms with Crippen LogP contribution in [0.15, 0.2) is 72.8 Å². The van der Waals surface area contributed by atoms with Crippen LogP contribution in [0.4, 0.5) is 0 Å². The second kappa shape index (κ2) is 10.8. The summed E-state index contributed by atoms with van der Waals surface area (Å²) < 4.78 is 0. The van der Waals surface area contributed by atoms with Gasteiger partial charge in [0.1, 0.15) is 16.7 Å². The van der Waals surface area contributed by atoms with Crippen molar-refractivity contribution in [2.24, 2.45) is 0 Å². The Labute approximate surface area is 246 Å². The average Bonchev–Trinajstić information content (AvgIpc) is 3.55. The number of para-hydroxylation sites is 1. The monoisotopic (exact) mass is 585 g/mol. The highest BCUT2D eigenvalue weighted by Crippen LogP contribution is 2.51. The van der Waals surface area contributed by atoms with Gasteiger partial charge in [0.15, 0.2) is 6.10 Å². The number of β-lactam (4-membered cyclic amide) rings is 1. The normalized spacial score (nSPS) is 21.1. The number of amides is 3. The van der Waals surface area contributed by atoms with E-state index >= 15 is 0 Å². The van der Waals surface area contributed by atoms with Crippen LogP contribution in [0.25, 0.3) is 10.9 Å². The van der Waals surface area contributed by atoms with Gasteiger partial charge in [-0.15, -0.1) is 11.8 Å². The van der Waals surface area contributed by atoms with Gasteiger partial charge in [0.2, 0.25) is 5.91 Å². The summed E-state index contributed by atoms with van der Waals surface area (Å²) in [6, 6.07) is 19.8. The molecule has 3 aromatic carbocycles. The Hall–Kier alpha value is -4.35. The number of carbonyl (C=O) groups excluding carboxylic acids is 3. The van der Waals surface area contributed by atoms with Gasteiger partial charge in [0.25, 0.3) is 11.8 Å². The van der Waals surface area contributed by atoms with E-state index in [0.29, 0.717) is 12.1 Å². The van der Waals surface area contributed by atoms with Gasteiger partial charge in [0, 0.05) is 16.5 Å². The van der Waals surface area contributed by atoms with Crippen molar-refractivity contribution in [1.29, 1.82) is 0 Å². The van der Waals surface area contributed by atoms with Crippen LogP contribution in [0.5, 0.6) is 5.75 Å². The molecule has 1 aromatic heterocycles. The molecule has 2 aliphatic heterocycles. The number of H-pyrrole nitrogens is 1. The van der Waals surface area contributed by atoms with Crippen LogP contribution >= 0.6 is 11.8 Å². The van der Waals surface area contributed by atoms with Gasteiger partial charge >= 0.3 is 0 Å². The Kier molecular flexibility index (Phi) is 7.15. The van der Waals surface area contributed by atoms with E-state index in [2.05, 4.69) is 15.5 Å². The van der Waals surface area contributed by atoms with Crippen LogP contribution in [0.1, 0.15) is 34.1 Å². The number of phenolic OH excluding ortho intramolecular Hbond substituents is 1. The first kappa shape index (κ1) is 27.8. The van der Waals surface area contributed by atoms with Crippen molar-refractivity contribution in [1.82, 2.24) is 25.3 Å². The van der Waals surface area contributed by atoms with Gasteiger partial charge in [-0.3, -0.25) is 19.5 Å². The second-order valence-corrected chi connectivity index (χ2v) is 12.2. The molecule has 0 aliphatic carbocycles. The van der Waals surface area contributed by atoms with Gasteiger partial charge in [-0.1, -0.05) is 54.6 Å². The van der Waals surface area contributed by atoms with Crippen molar-refractivity contribution in [3.63, 3.8) is 0 Å². The number of aromatic amines is 1. The molecular formula is C31H31N5O5S. The van der Waals surface area contributed by atoms with Gasteiger partial charge in [0.05, 0.1) is 29.7 Å². The van der Waals surface area contributed by atoms with Crippen molar-refractivity contribution in [3.05, 3.63) is 95.2 Å². The summed E-state index contributed by atoms with van der Waals surface area (Å²) in [6.07, 6.45) is -1.42. The first-order valence-electron chi connectivity index (χ1n) is 13.7. The minimum Gasteiger partial charge on any atom is -0.508 e. The smallest absolute Gasteiger partial charge is 0.255 e. The number of nitrogens with one attached hydrogen (secondary N) is 2. The second-order valence-electron chi connectivity index (χ2n) is 10.8. The zero-order chi connectivity index (χ0) is 29.6. The molecule has 4 N–H and O–H groups in total. The summed E-state index contributed by atoms with van der Waals surface area (Å²) in [5.74, 6) is -1.15. The Bertz CT molecular complexity index is 1680. The number of fused-ring (bicyclic) bond motifs is 2. The number of hydrogen-bond donors (Lipinski definition) is 4. The van der Waals surface area contributed by atoms with Gasteiger partial charge in [-0.2, -0.15) is 5.10 Å². The number of nitrogens with zero attached hydrogens (tertiary/aromatic N) is 3. The predicted octanol–water partition coefficient (Wildman–Crippen LogP) is 2.94. The topological polar surface area (TPSA) is 139 Å². The van der Waals surface area contributed by atoms with E-state index in [-0.39, 0.29) is 29.5 Å².